The molecule has 0 bridgehead atoms. The van der Waals surface area contributed by atoms with Gasteiger partial charge in [0.15, 0.2) is 0 Å². The third-order valence-corrected chi connectivity index (χ3v) is 7.19. The SMILES string of the molecule is CCC[C@@H]1NC(=O)[C@@H](NC(=O)[C@@H](N)CCC(=O)O)C(C)(C)OC/C=C\C[C@@H]([C@H](O)CNc2ccc(CC(=O)O)cc2)NC1=O. The second-order valence-corrected chi connectivity index (χ2v) is 11.3. The fraction of sp³-hybridized carbons (Fsp3) is 0.567. The van der Waals surface area contributed by atoms with Crippen LogP contribution in [0, 0.1) is 0 Å². The van der Waals surface area contributed by atoms with E-state index >= 15 is 0 Å². The third kappa shape index (κ3) is 11.9. The van der Waals surface area contributed by atoms with E-state index in [4.69, 9.17) is 20.7 Å². The van der Waals surface area contributed by atoms with Gasteiger partial charge in [-0.1, -0.05) is 37.6 Å². The molecule has 14 nitrogen and oxygen atoms in total. The Morgan fingerprint density at radius 3 is 2.36 bits per heavy atom. The van der Waals surface area contributed by atoms with Crippen LogP contribution in [0.1, 0.15) is 58.4 Å². The number of aliphatic hydroxyl groups excluding tert-OH is 1. The largest absolute Gasteiger partial charge is 0.481 e. The van der Waals surface area contributed by atoms with Crippen molar-refractivity contribution in [3.63, 3.8) is 0 Å². The molecule has 0 aromatic heterocycles. The van der Waals surface area contributed by atoms with E-state index in [-0.39, 0.29) is 45.3 Å². The Bertz CT molecular complexity index is 1170. The number of nitrogens with one attached hydrogen (secondary N) is 4. The minimum absolute atomic E-state index is 0.0494. The number of hydrogen-bond acceptors (Lipinski definition) is 9. The molecule has 0 unspecified atom stereocenters. The highest BCUT2D eigenvalue weighted by molar-refractivity contribution is 5.94. The quantitative estimate of drug-likeness (QED) is 0.140. The molecule has 2 rings (SSSR count). The van der Waals surface area contributed by atoms with Gasteiger partial charge in [-0.3, -0.25) is 24.0 Å². The maximum absolute atomic E-state index is 13.5. The lowest BCUT2D eigenvalue weighted by Crippen LogP contribution is -2.63. The molecule has 0 radical (unpaired) electrons. The molecule has 0 aliphatic carbocycles. The monoisotopic (exact) mass is 619 g/mol. The summed E-state index contributed by atoms with van der Waals surface area (Å²) in [6.07, 6.45) is 2.89. The number of rotatable bonds is 13. The summed E-state index contributed by atoms with van der Waals surface area (Å²) in [5.74, 6) is -3.98. The van der Waals surface area contributed by atoms with Gasteiger partial charge in [0.25, 0.3) is 0 Å². The lowest BCUT2D eigenvalue weighted by atomic mass is 9.96. The van der Waals surface area contributed by atoms with Crippen molar-refractivity contribution in [1.82, 2.24) is 16.0 Å². The first-order valence-electron chi connectivity index (χ1n) is 14.6. The van der Waals surface area contributed by atoms with E-state index in [0.29, 0.717) is 17.7 Å². The number of ether oxygens (including phenoxy) is 1. The second-order valence-electron chi connectivity index (χ2n) is 11.3. The topological polar surface area (TPSA) is 229 Å². The highest BCUT2D eigenvalue weighted by Gasteiger charge is 2.40. The van der Waals surface area contributed by atoms with Crippen molar-refractivity contribution in [2.45, 2.75) is 95.2 Å². The van der Waals surface area contributed by atoms with Gasteiger partial charge in [0, 0.05) is 18.7 Å². The first-order chi connectivity index (χ1) is 20.7. The summed E-state index contributed by atoms with van der Waals surface area (Å²) in [4.78, 5) is 61.5. The van der Waals surface area contributed by atoms with Gasteiger partial charge in [0.2, 0.25) is 17.7 Å². The molecule has 0 fully saturated rings. The van der Waals surface area contributed by atoms with Crippen LogP contribution in [0.5, 0.6) is 0 Å². The number of amides is 3. The molecule has 1 aliphatic rings. The number of carbonyl (C=O) groups excluding carboxylic acids is 3. The third-order valence-electron chi connectivity index (χ3n) is 7.19. The number of benzene rings is 1. The summed E-state index contributed by atoms with van der Waals surface area (Å²) >= 11 is 0. The van der Waals surface area contributed by atoms with Crippen molar-refractivity contribution in [1.29, 1.82) is 0 Å². The summed E-state index contributed by atoms with van der Waals surface area (Å²) in [5, 5.41) is 40.1. The molecule has 3 amide bonds. The maximum Gasteiger partial charge on any atom is 0.307 e. The Labute approximate surface area is 256 Å². The number of carboxylic acid groups (broad SMARTS) is 2. The normalized spacial score (nSPS) is 22.9. The van der Waals surface area contributed by atoms with Crippen molar-refractivity contribution < 1.29 is 44.0 Å². The molecule has 0 saturated carbocycles. The van der Waals surface area contributed by atoms with Crippen molar-refractivity contribution in [2.24, 2.45) is 5.73 Å². The molecular formula is C30H45N5O9. The van der Waals surface area contributed by atoms with E-state index in [1.165, 1.54) is 0 Å². The smallest absolute Gasteiger partial charge is 0.307 e. The molecule has 5 atom stereocenters. The summed E-state index contributed by atoms with van der Waals surface area (Å²) < 4.78 is 5.95. The number of aliphatic hydroxyl groups is 1. The number of nitrogens with two attached hydrogens (primary N) is 1. The average Bonchev–Trinajstić information content (AvgIpc) is 2.96. The molecule has 14 heteroatoms. The maximum atomic E-state index is 13.5. The van der Waals surface area contributed by atoms with Crippen LogP contribution < -0.4 is 27.0 Å². The van der Waals surface area contributed by atoms with Gasteiger partial charge in [0.1, 0.15) is 12.1 Å². The van der Waals surface area contributed by atoms with Crippen LogP contribution in [0.25, 0.3) is 0 Å². The van der Waals surface area contributed by atoms with Crippen molar-refractivity contribution in [3.05, 3.63) is 42.0 Å². The van der Waals surface area contributed by atoms with Crippen LogP contribution in [-0.4, -0.2) is 94.0 Å². The van der Waals surface area contributed by atoms with Gasteiger partial charge in [-0.25, -0.2) is 0 Å². The molecule has 1 heterocycles. The summed E-state index contributed by atoms with van der Waals surface area (Å²) in [6, 6.07) is 2.59. The number of anilines is 1. The fourth-order valence-electron chi connectivity index (χ4n) is 4.56. The Hall–Kier alpha value is -4.01. The first-order valence-corrected chi connectivity index (χ1v) is 14.6. The van der Waals surface area contributed by atoms with Crippen LogP contribution in [0.4, 0.5) is 5.69 Å². The number of carbonyl (C=O) groups is 5. The lowest BCUT2D eigenvalue weighted by molar-refractivity contribution is -0.141. The predicted octanol–water partition coefficient (Wildman–Crippen LogP) is 0.288. The Kier molecular flexibility index (Phi) is 14.2. The first kappa shape index (κ1) is 36.2. The minimum atomic E-state index is -1.26. The Morgan fingerprint density at radius 1 is 1.07 bits per heavy atom. The van der Waals surface area contributed by atoms with E-state index < -0.39 is 65.5 Å². The van der Waals surface area contributed by atoms with Gasteiger partial charge in [-0.15, -0.1) is 0 Å². The second kappa shape index (κ2) is 17.3. The average molecular weight is 620 g/mol. The summed E-state index contributed by atoms with van der Waals surface area (Å²) in [7, 11) is 0. The van der Waals surface area contributed by atoms with Crippen molar-refractivity contribution in [2.75, 3.05) is 18.5 Å². The van der Waals surface area contributed by atoms with E-state index in [1.807, 2.05) is 6.92 Å². The molecular weight excluding hydrogens is 574 g/mol. The van der Waals surface area contributed by atoms with Gasteiger partial charge >= 0.3 is 11.9 Å². The molecule has 1 aliphatic heterocycles. The lowest BCUT2D eigenvalue weighted by Gasteiger charge is -2.35. The van der Waals surface area contributed by atoms with E-state index in [1.54, 1.807) is 50.3 Å². The van der Waals surface area contributed by atoms with Gasteiger partial charge in [-0.05, 0) is 50.8 Å². The molecule has 1 aromatic carbocycles. The van der Waals surface area contributed by atoms with Crippen molar-refractivity contribution in [3.8, 4) is 0 Å². The molecule has 44 heavy (non-hydrogen) atoms. The number of aliphatic carboxylic acids is 2. The van der Waals surface area contributed by atoms with Crippen molar-refractivity contribution >= 4 is 35.3 Å². The van der Waals surface area contributed by atoms with E-state index in [0.717, 1.165) is 0 Å². The van der Waals surface area contributed by atoms with Crippen LogP contribution in [0.15, 0.2) is 36.4 Å². The summed E-state index contributed by atoms with van der Waals surface area (Å²) in [6.45, 7) is 5.18. The zero-order valence-electron chi connectivity index (χ0n) is 25.4. The van der Waals surface area contributed by atoms with E-state index in [2.05, 4.69) is 21.3 Å². The number of hydrogen-bond donors (Lipinski definition) is 8. The predicted molar refractivity (Wildman–Crippen MR) is 162 cm³/mol. The Morgan fingerprint density at radius 2 is 1.75 bits per heavy atom. The van der Waals surface area contributed by atoms with E-state index in [9.17, 15) is 29.1 Å². The molecule has 0 spiro atoms. The molecule has 1 aromatic rings. The molecule has 244 valence electrons. The minimum Gasteiger partial charge on any atom is -0.481 e. The highest BCUT2D eigenvalue weighted by Crippen LogP contribution is 2.18. The Balaban J connectivity index is 2.20. The van der Waals surface area contributed by atoms with Gasteiger partial charge in [-0.2, -0.15) is 0 Å². The standard InChI is InChI=1S/C30H45N5O9/c1-4-7-22-28(42)33-21(23(36)17-32-19-11-9-18(10-12-19)16-25(39)40)8-5-6-15-44-30(2,3)26(29(43)34-22)35-27(41)20(31)13-14-24(37)38/h5-6,9-12,20-23,26,32,36H,4,7-8,13-17,31H2,1-3H3,(H,33,42)(H,34,43)(H,35,41)(H,37,38)(H,39,40)/b6-5-/t20-,21-,22-,23+,26+/m0/s1. The zero-order chi connectivity index (χ0) is 32.9. The van der Waals surface area contributed by atoms with Gasteiger partial charge in [0.05, 0.1) is 36.8 Å². The van der Waals surface area contributed by atoms with Crippen LogP contribution >= 0.6 is 0 Å². The molecule has 9 N–H and O–H groups in total. The highest BCUT2D eigenvalue weighted by atomic mass is 16.5. The van der Waals surface area contributed by atoms with Crippen LogP contribution in [-0.2, 0) is 35.1 Å². The van der Waals surface area contributed by atoms with Gasteiger partial charge < -0.3 is 47.1 Å². The van der Waals surface area contributed by atoms with Crippen LogP contribution in [0.2, 0.25) is 0 Å². The number of carboxylic acids is 2. The zero-order valence-corrected chi connectivity index (χ0v) is 25.4. The fourth-order valence-corrected chi connectivity index (χ4v) is 4.56. The van der Waals surface area contributed by atoms with Crippen LogP contribution in [0.3, 0.4) is 0 Å². The summed E-state index contributed by atoms with van der Waals surface area (Å²) in [5.41, 5.74) is 5.90. The molecule has 0 saturated heterocycles.